The van der Waals surface area contributed by atoms with E-state index in [4.69, 9.17) is 5.11 Å². The summed E-state index contributed by atoms with van der Waals surface area (Å²) in [6, 6.07) is 0.552. The fraction of sp³-hybridized carbons (Fsp3) is 0.909. The van der Waals surface area contributed by atoms with Gasteiger partial charge in [-0.05, 0) is 31.8 Å². The van der Waals surface area contributed by atoms with E-state index < -0.39 is 5.97 Å². The van der Waals surface area contributed by atoms with E-state index in [9.17, 15) is 4.79 Å². The second-order valence-corrected chi connectivity index (χ2v) is 4.79. The maximum atomic E-state index is 10.8. The molecule has 0 radical (unpaired) electrons. The van der Waals surface area contributed by atoms with Gasteiger partial charge in [-0.25, -0.2) is 0 Å². The number of rotatable bonds is 4. The molecule has 2 unspecified atom stereocenters. The Bertz CT molecular complexity index is 225. The normalized spacial score (nSPS) is 30.5. The summed E-state index contributed by atoms with van der Waals surface area (Å²) in [7, 11) is 2.11. The van der Waals surface area contributed by atoms with Gasteiger partial charge in [0.2, 0.25) is 0 Å². The minimum Gasteiger partial charge on any atom is -0.481 e. The lowest BCUT2D eigenvalue weighted by atomic mass is 9.69. The summed E-state index contributed by atoms with van der Waals surface area (Å²) in [6.45, 7) is 1.15. The predicted octanol–water partition coefficient (Wildman–Crippen LogP) is 1.58. The van der Waals surface area contributed by atoms with Gasteiger partial charge in [-0.1, -0.05) is 19.3 Å². The maximum absolute atomic E-state index is 10.8. The number of likely N-dealkylation sites (tertiary alicyclic amines) is 1. The summed E-state index contributed by atoms with van der Waals surface area (Å²) in [6.07, 6.45) is 5.38. The van der Waals surface area contributed by atoms with Crippen LogP contribution >= 0.6 is 0 Å². The molecule has 80 valence electrons. The lowest BCUT2D eigenvalue weighted by molar-refractivity contribution is -0.140. The van der Waals surface area contributed by atoms with Gasteiger partial charge in [0.15, 0.2) is 0 Å². The summed E-state index contributed by atoms with van der Waals surface area (Å²) < 4.78 is 0. The summed E-state index contributed by atoms with van der Waals surface area (Å²) in [5.41, 5.74) is 0. The van der Waals surface area contributed by atoms with Crippen LogP contribution < -0.4 is 0 Å². The average molecular weight is 197 g/mol. The Kier molecular flexibility index (Phi) is 2.77. The van der Waals surface area contributed by atoms with Crippen LogP contribution in [0.15, 0.2) is 0 Å². The van der Waals surface area contributed by atoms with Crippen molar-refractivity contribution in [2.24, 2.45) is 11.8 Å². The number of carboxylic acid groups (broad SMARTS) is 1. The van der Waals surface area contributed by atoms with Crippen molar-refractivity contribution in [1.29, 1.82) is 0 Å². The van der Waals surface area contributed by atoms with Crippen molar-refractivity contribution >= 4 is 5.97 Å². The van der Waals surface area contributed by atoms with Crippen LogP contribution in [0.1, 0.15) is 32.1 Å². The Morgan fingerprint density at radius 1 is 1.50 bits per heavy atom. The Morgan fingerprint density at radius 3 is 2.50 bits per heavy atom. The molecule has 1 aliphatic heterocycles. The van der Waals surface area contributed by atoms with Gasteiger partial charge in [-0.3, -0.25) is 4.79 Å². The van der Waals surface area contributed by atoms with E-state index in [1.807, 2.05) is 0 Å². The third-order valence-electron chi connectivity index (χ3n) is 4.00. The minimum absolute atomic E-state index is 0.375. The van der Waals surface area contributed by atoms with Crippen molar-refractivity contribution in [3.8, 4) is 0 Å². The molecule has 2 aliphatic rings. The molecule has 0 aromatic rings. The molecule has 0 amide bonds. The summed E-state index contributed by atoms with van der Waals surface area (Å²) >= 11 is 0. The second-order valence-electron chi connectivity index (χ2n) is 4.79. The molecule has 3 heteroatoms. The third-order valence-corrected chi connectivity index (χ3v) is 4.00. The first-order valence-corrected chi connectivity index (χ1v) is 5.60. The van der Waals surface area contributed by atoms with Gasteiger partial charge in [0, 0.05) is 12.5 Å². The van der Waals surface area contributed by atoms with E-state index >= 15 is 0 Å². The molecule has 1 saturated carbocycles. The molecule has 2 rings (SSSR count). The van der Waals surface area contributed by atoms with Gasteiger partial charge in [0.05, 0.1) is 0 Å². The van der Waals surface area contributed by atoms with Gasteiger partial charge in [-0.2, -0.15) is 0 Å². The zero-order valence-electron chi connectivity index (χ0n) is 8.78. The lowest BCUT2D eigenvalue weighted by Crippen LogP contribution is -2.52. The van der Waals surface area contributed by atoms with Gasteiger partial charge in [0.25, 0.3) is 0 Å². The molecule has 1 aliphatic carbocycles. The number of hydrogen-bond donors (Lipinski definition) is 1. The molecule has 0 bridgehead atoms. The molecule has 1 saturated heterocycles. The largest absolute Gasteiger partial charge is 0.481 e. The Morgan fingerprint density at radius 2 is 2.21 bits per heavy atom. The third kappa shape index (κ3) is 1.78. The maximum Gasteiger partial charge on any atom is 0.303 e. The monoisotopic (exact) mass is 197 g/mol. The highest BCUT2D eigenvalue weighted by atomic mass is 16.4. The second kappa shape index (κ2) is 3.89. The van der Waals surface area contributed by atoms with Crippen LogP contribution in [0.4, 0.5) is 0 Å². The number of carbonyl (C=O) groups is 1. The van der Waals surface area contributed by atoms with E-state index in [2.05, 4.69) is 11.9 Å². The first-order valence-electron chi connectivity index (χ1n) is 5.60. The van der Waals surface area contributed by atoms with Crippen LogP contribution in [0.2, 0.25) is 0 Å². The van der Waals surface area contributed by atoms with Crippen LogP contribution in [0, 0.1) is 11.8 Å². The number of nitrogens with zero attached hydrogens (tertiary/aromatic N) is 1. The zero-order valence-corrected chi connectivity index (χ0v) is 8.78. The van der Waals surface area contributed by atoms with Crippen LogP contribution in [0.25, 0.3) is 0 Å². The average Bonchev–Trinajstić information content (AvgIpc) is 1.97. The minimum atomic E-state index is -0.623. The molecular weight excluding hydrogens is 178 g/mol. The SMILES string of the molecule is CN1CCC1C(CC(=O)O)C1CCC1. The molecule has 0 spiro atoms. The number of hydrogen-bond acceptors (Lipinski definition) is 2. The van der Waals surface area contributed by atoms with Crippen molar-refractivity contribution < 1.29 is 9.90 Å². The fourth-order valence-electron chi connectivity index (χ4n) is 2.76. The van der Waals surface area contributed by atoms with Crippen molar-refractivity contribution in [3.63, 3.8) is 0 Å². The van der Waals surface area contributed by atoms with E-state index in [1.54, 1.807) is 0 Å². The Hall–Kier alpha value is -0.570. The molecule has 1 heterocycles. The summed E-state index contributed by atoms with van der Waals surface area (Å²) in [5, 5.41) is 8.89. The lowest BCUT2D eigenvalue weighted by Gasteiger charge is -2.47. The fourth-order valence-corrected chi connectivity index (χ4v) is 2.76. The molecule has 2 fully saturated rings. The molecular formula is C11H19NO2. The highest BCUT2D eigenvalue weighted by Crippen LogP contribution is 2.41. The Labute approximate surface area is 85.1 Å². The highest BCUT2D eigenvalue weighted by molar-refractivity contribution is 5.67. The van der Waals surface area contributed by atoms with Crippen molar-refractivity contribution in [1.82, 2.24) is 4.90 Å². The van der Waals surface area contributed by atoms with Crippen molar-refractivity contribution in [2.75, 3.05) is 13.6 Å². The van der Waals surface area contributed by atoms with Gasteiger partial charge in [-0.15, -0.1) is 0 Å². The number of carboxylic acids is 1. The zero-order chi connectivity index (χ0) is 10.1. The summed E-state index contributed by atoms with van der Waals surface area (Å²) in [5.74, 6) is 0.487. The highest BCUT2D eigenvalue weighted by Gasteiger charge is 2.39. The Balaban J connectivity index is 1.94. The smallest absolute Gasteiger partial charge is 0.303 e. The van der Waals surface area contributed by atoms with Crippen molar-refractivity contribution in [2.45, 2.75) is 38.1 Å². The molecule has 3 nitrogen and oxygen atoms in total. The van der Waals surface area contributed by atoms with Gasteiger partial charge >= 0.3 is 5.97 Å². The molecule has 2 atom stereocenters. The molecule has 14 heavy (non-hydrogen) atoms. The number of aliphatic carboxylic acids is 1. The van der Waals surface area contributed by atoms with E-state index in [0.29, 0.717) is 24.3 Å². The standard InChI is InChI=1S/C11H19NO2/c1-12-6-5-10(12)9(7-11(13)14)8-3-2-4-8/h8-10H,2-7H2,1H3,(H,13,14). The van der Waals surface area contributed by atoms with E-state index in [0.717, 1.165) is 6.54 Å². The van der Waals surface area contributed by atoms with Crippen LogP contribution in [-0.4, -0.2) is 35.6 Å². The molecule has 0 aromatic carbocycles. The summed E-state index contributed by atoms with van der Waals surface area (Å²) in [4.78, 5) is 13.1. The quantitative estimate of drug-likeness (QED) is 0.744. The van der Waals surface area contributed by atoms with E-state index in [1.165, 1.54) is 25.7 Å². The van der Waals surface area contributed by atoms with Crippen LogP contribution in [0.3, 0.4) is 0 Å². The van der Waals surface area contributed by atoms with Crippen LogP contribution in [0.5, 0.6) is 0 Å². The van der Waals surface area contributed by atoms with Gasteiger partial charge < -0.3 is 10.0 Å². The molecule has 0 aromatic heterocycles. The van der Waals surface area contributed by atoms with Crippen LogP contribution in [-0.2, 0) is 4.79 Å². The van der Waals surface area contributed by atoms with E-state index in [-0.39, 0.29) is 0 Å². The first kappa shape index (κ1) is 9.97. The topological polar surface area (TPSA) is 40.5 Å². The van der Waals surface area contributed by atoms with Crippen molar-refractivity contribution in [3.05, 3.63) is 0 Å². The van der Waals surface area contributed by atoms with Gasteiger partial charge in [0.1, 0.15) is 0 Å². The molecule has 1 N–H and O–H groups in total. The first-order chi connectivity index (χ1) is 6.68. The predicted molar refractivity (Wildman–Crippen MR) is 54.1 cm³/mol.